The Balaban J connectivity index is 2.21. The summed E-state index contributed by atoms with van der Waals surface area (Å²) in [4.78, 5) is 25.8. The van der Waals surface area contributed by atoms with Gasteiger partial charge >= 0.3 is 0 Å². The lowest BCUT2D eigenvalue weighted by Crippen LogP contribution is -2.41. The molecule has 2 atom stereocenters. The summed E-state index contributed by atoms with van der Waals surface area (Å²) in [6, 6.07) is 8.49. The quantitative estimate of drug-likeness (QED) is 0.274. The summed E-state index contributed by atoms with van der Waals surface area (Å²) in [5, 5.41) is 0.270. The van der Waals surface area contributed by atoms with Crippen molar-refractivity contribution >= 4 is 36.8 Å². The Morgan fingerprint density at radius 1 is 1.23 bits per heavy atom. The van der Waals surface area contributed by atoms with Gasteiger partial charge in [-0.3, -0.25) is 9.59 Å². The van der Waals surface area contributed by atoms with Crippen molar-refractivity contribution in [1.29, 1.82) is 0 Å². The smallest absolute Gasteiger partial charge is 0.227 e. The molecule has 2 rings (SSSR count). The number of nitrogens with zero attached hydrogens (tertiary/aromatic N) is 1. The maximum atomic E-state index is 12.5. The molecule has 1 aromatic carbocycles. The van der Waals surface area contributed by atoms with E-state index in [9.17, 15) is 9.59 Å². The molecule has 0 spiro atoms. The monoisotopic (exact) mass is 463 g/mol. The van der Waals surface area contributed by atoms with Crippen LogP contribution in [0.1, 0.15) is 84.8 Å². The Bertz CT molecular complexity index is 742. The predicted molar refractivity (Wildman–Crippen MR) is 135 cm³/mol. The van der Waals surface area contributed by atoms with E-state index in [0.29, 0.717) is 12.2 Å². The highest BCUT2D eigenvalue weighted by atomic mass is 32.2. The van der Waals surface area contributed by atoms with Gasteiger partial charge in [-0.05, 0) is 48.7 Å². The molecule has 4 nitrogen and oxygen atoms in total. The highest BCUT2D eigenvalue weighted by molar-refractivity contribution is 8.13. The number of carbonyl (C=O) groups excluding carboxylic acids is 2. The number of benzene rings is 1. The van der Waals surface area contributed by atoms with Crippen molar-refractivity contribution < 1.29 is 14.0 Å². The largest absolute Gasteiger partial charge is 0.410 e. The zero-order chi connectivity index (χ0) is 23.2. The zero-order valence-electron chi connectivity index (χ0n) is 20.5. The van der Waals surface area contributed by atoms with Crippen LogP contribution in [0, 0.1) is 0 Å². The standard InChI is InChI=1S/C25H41NO3SSi/c1-8-9-10-11-23(29-31(6,7)25(3,4)5)20-12-14-21(15-13-20)26-22(16-17-24(26)28)18-30-19(2)27/h12-15,22-23H,8-11,16-18H2,1-7H3/t22-,23?/m1/s1. The number of unbranched alkanes of at least 4 members (excludes halogenated alkanes) is 2. The van der Waals surface area contributed by atoms with E-state index in [0.717, 1.165) is 24.9 Å². The molecule has 31 heavy (non-hydrogen) atoms. The number of anilines is 1. The third-order valence-corrected chi connectivity index (χ3v) is 12.1. The molecule has 0 N–H and O–H groups in total. The van der Waals surface area contributed by atoms with Gasteiger partial charge in [0.05, 0.1) is 6.10 Å². The van der Waals surface area contributed by atoms with Gasteiger partial charge < -0.3 is 9.33 Å². The lowest BCUT2D eigenvalue weighted by Gasteiger charge is -2.39. The van der Waals surface area contributed by atoms with Crippen molar-refractivity contribution in [3.8, 4) is 0 Å². The van der Waals surface area contributed by atoms with Crippen molar-refractivity contribution in [2.24, 2.45) is 0 Å². The van der Waals surface area contributed by atoms with Gasteiger partial charge in [-0.25, -0.2) is 0 Å². The lowest BCUT2D eigenvalue weighted by molar-refractivity contribution is -0.117. The Morgan fingerprint density at radius 3 is 2.42 bits per heavy atom. The molecule has 1 aromatic rings. The minimum atomic E-state index is -1.89. The molecule has 174 valence electrons. The van der Waals surface area contributed by atoms with Crippen molar-refractivity contribution in [3.63, 3.8) is 0 Å². The average molecular weight is 464 g/mol. The van der Waals surface area contributed by atoms with Gasteiger partial charge in [0.15, 0.2) is 13.4 Å². The van der Waals surface area contributed by atoms with Crippen molar-refractivity contribution in [2.45, 2.75) is 103 Å². The van der Waals surface area contributed by atoms with Gasteiger partial charge in [-0.15, -0.1) is 0 Å². The molecule has 0 saturated carbocycles. The van der Waals surface area contributed by atoms with E-state index in [1.54, 1.807) is 6.92 Å². The van der Waals surface area contributed by atoms with Crippen LogP contribution in [0.5, 0.6) is 0 Å². The Hall–Kier alpha value is -1.11. The first kappa shape index (κ1) is 26.1. The summed E-state index contributed by atoms with van der Waals surface area (Å²) in [7, 11) is -1.89. The fraction of sp³-hybridized carbons (Fsp3) is 0.680. The number of hydrogen-bond donors (Lipinski definition) is 0. The predicted octanol–water partition coefficient (Wildman–Crippen LogP) is 7.10. The third-order valence-electron chi connectivity index (χ3n) is 6.66. The van der Waals surface area contributed by atoms with Crippen LogP contribution in [0.15, 0.2) is 24.3 Å². The fourth-order valence-corrected chi connectivity index (χ4v) is 5.79. The molecule has 0 radical (unpaired) electrons. The van der Waals surface area contributed by atoms with Gasteiger partial charge in [0, 0.05) is 30.8 Å². The average Bonchev–Trinajstić information content (AvgIpc) is 3.05. The number of amides is 1. The first-order chi connectivity index (χ1) is 14.5. The zero-order valence-corrected chi connectivity index (χ0v) is 22.3. The van der Waals surface area contributed by atoms with Gasteiger partial charge in [-0.2, -0.15) is 0 Å². The van der Waals surface area contributed by atoms with Crippen LogP contribution in [-0.2, 0) is 14.0 Å². The van der Waals surface area contributed by atoms with Crippen LogP contribution in [0.25, 0.3) is 0 Å². The highest BCUT2D eigenvalue weighted by Gasteiger charge is 2.39. The second-order valence-electron chi connectivity index (χ2n) is 10.2. The molecule has 0 aromatic heterocycles. The normalized spacial score (nSPS) is 18.5. The molecule has 1 unspecified atom stereocenters. The molecule has 1 amide bonds. The van der Waals surface area contributed by atoms with E-state index in [1.807, 2.05) is 4.90 Å². The van der Waals surface area contributed by atoms with Crippen LogP contribution >= 0.6 is 11.8 Å². The Kier molecular flexibility index (Phi) is 9.40. The number of rotatable bonds is 10. The second-order valence-corrected chi connectivity index (χ2v) is 16.2. The highest BCUT2D eigenvalue weighted by Crippen LogP contribution is 2.41. The topological polar surface area (TPSA) is 46.6 Å². The van der Waals surface area contributed by atoms with Crippen LogP contribution in [-0.4, -0.2) is 31.1 Å². The lowest BCUT2D eigenvalue weighted by atomic mass is 10.0. The molecule has 0 bridgehead atoms. The second kappa shape index (κ2) is 11.1. The van der Waals surface area contributed by atoms with Crippen molar-refractivity contribution in [3.05, 3.63) is 29.8 Å². The molecule has 1 saturated heterocycles. The first-order valence-electron chi connectivity index (χ1n) is 11.7. The van der Waals surface area contributed by atoms with Crippen LogP contribution in [0.2, 0.25) is 18.1 Å². The maximum Gasteiger partial charge on any atom is 0.227 e. The van der Waals surface area contributed by atoms with Crippen LogP contribution < -0.4 is 4.90 Å². The summed E-state index contributed by atoms with van der Waals surface area (Å²) >= 11 is 1.31. The Labute approximate surface area is 194 Å². The summed E-state index contributed by atoms with van der Waals surface area (Å²) in [5.74, 6) is 0.815. The number of thioether (sulfide) groups is 1. The van der Waals surface area contributed by atoms with E-state index in [2.05, 4.69) is 65.1 Å². The van der Waals surface area contributed by atoms with Crippen molar-refractivity contribution in [1.82, 2.24) is 0 Å². The molecule has 1 aliphatic heterocycles. The summed E-state index contributed by atoms with van der Waals surface area (Å²) < 4.78 is 6.83. The molecule has 1 heterocycles. The minimum Gasteiger partial charge on any atom is -0.410 e. The summed E-state index contributed by atoms with van der Waals surface area (Å²) in [5.41, 5.74) is 2.13. The third kappa shape index (κ3) is 7.19. The summed E-state index contributed by atoms with van der Waals surface area (Å²) in [6.45, 7) is 15.3. The first-order valence-corrected chi connectivity index (χ1v) is 15.6. The molecule has 0 aliphatic carbocycles. The SMILES string of the molecule is CCCCCC(O[Si](C)(C)C(C)(C)C)c1ccc(N2C(=O)CC[C@@H]2CSC(C)=O)cc1. The Morgan fingerprint density at radius 2 is 1.87 bits per heavy atom. The van der Waals surface area contributed by atoms with Crippen molar-refractivity contribution in [2.75, 3.05) is 10.7 Å². The van der Waals surface area contributed by atoms with Crippen LogP contribution in [0.3, 0.4) is 0 Å². The van der Waals surface area contributed by atoms with Gasteiger partial charge in [0.2, 0.25) is 5.91 Å². The van der Waals surface area contributed by atoms with E-state index < -0.39 is 8.32 Å². The van der Waals surface area contributed by atoms with Gasteiger partial charge in [-0.1, -0.05) is 70.9 Å². The van der Waals surface area contributed by atoms with Gasteiger partial charge in [0.25, 0.3) is 0 Å². The minimum absolute atomic E-state index is 0.0936. The number of carbonyl (C=O) groups is 2. The molecular formula is C25H41NO3SSi. The van der Waals surface area contributed by atoms with E-state index >= 15 is 0 Å². The van der Waals surface area contributed by atoms with E-state index in [-0.39, 0.29) is 28.2 Å². The van der Waals surface area contributed by atoms with E-state index in [1.165, 1.54) is 30.2 Å². The maximum absolute atomic E-state index is 12.5. The van der Waals surface area contributed by atoms with Crippen LogP contribution in [0.4, 0.5) is 5.69 Å². The number of hydrogen-bond acceptors (Lipinski definition) is 4. The molecule has 1 fully saturated rings. The summed E-state index contributed by atoms with van der Waals surface area (Å²) in [6.07, 6.45) is 6.07. The van der Waals surface area contributed by atoms with E-state index in [4.69, 9.17) is 4.43 Å². The molecule has 1 aliphatic rings. The fourth-order valence-electron chi connectivity index (χ4n) is 3.72. The molecule has 6 heteroatoms. The molecular weight excluding hydrogens is 422 g/mol. The van der Waals surface area contributed by atoms with Gasteiger partial charge in [0.1, 0.15) is 0 Å².